The fourth-order valence-corrected chi connectivity index (χ4v) is 3.95. The zero-order chi connectivity index (χ0) is 28.9. The van der Waals surface area contributed by atoms with Crippen molar-refractivity contribution >= 4 is 39.4 Å². The SMILES string of the molecule is CC(C)CNC(=O)c1ccc(-c2ccccc2C(=O)Nc2ccc(C(=N)N)cc2O)c(C(=O)OS(C)(=O)=O)c1. The number of hydrogen-bond donors (Lipinski definition) is 5. The quantitative estimate of drug-likeness (QED) is 0.116. The second-order valence-electron chi connectivity index (χ2n) is 9.08. The summed E-state index contributed by atoms with van der Waals surface area (Å²) >= 11 is 0. The van der Waals surface area contributed by atoms with Crippen LogP contribution in [0.15, 0.2) is 60.7 Å². The van der Waals surface area contributed by atoms with Crippen molar-refractivity contribution in [3.8, 4) is 16.9 Å². The molecule has 0 unspecified atom stereocenters. The van der Waals surface area contributed by atoms with Crippen molar-refractivity contribution in [1.82, 2.24) is 5.32 Å². The van der Waals surface area contributed by atoms with Crippen LogP contribution >= 0.6 is 0 Å². The Kier molecular flexibility index (Phi) is 8.71. The number of nitrogens with one attached hydrogen (secondary N) is 3. The lowest BCUT2D eigenvalue weighted by Crippen LogP contribution is -2.27. The summed E-state index contributed by atoms with van der Waals surface area (Å²) in [6, 6.07) is 14.3. The van der Waals surface area contributed by atoms with Crippen molar-refractivity contribution < 1.29 is 32.1 Å². The molecule has 11 nitrogen and oxygen atoms in total. The van der Waals surface area contributed by atoms with E-state index in [1.165, 1.54) is 42.5 Å². The number of aromatic hydroxyl groups is 1. The lowest BCUT2D eigenvalue weighted by molar-refractivity contribution is 0.0748. The summed E-state index contributed by atoms with van der Waals surface area (Å²) in [5, 5.41) is 23.1. The first-order valence-corrected chi connectivity index (χ1v) is 13.5. The number of amidine groups is 1. The lowest BCUT2D eigenvalue weighted by atomic mass is 9.93. The molecule has 0 aliphatic carbocycles. The molecular formula is C27H28N4O7S. The summed E-state index contributed by atoms with van der Waals surface area (Å²) in [5.74, 6) is -2.76. The number of rotatable bonds is 9. The molecule has 12 heteroatoms. The highest BCUT2D eigenvalue weighted by molar-refractivity contribution is 7.86. The average Bonchev–Trinajstić information content (AvgIpc) is 2.86. The Morgan fingerprint density at radius 1 is 0.949 bits per heavy atom. The normalized spacial score (nSPS) is 11.1. The van der Waals surface area contributed by atoms with E-state index in [0.29, 0.717) is 6.54 Å². The lowest BCUT2D eigenvalue weighted by Gasteiger charge is -2.15. The maximum absolute atomic E-state index is 13.2. The standard InChI is InChI=1S/C27H28N4O7S/c1-15(2)14-30-25(33)17-8-10-19(21(12-17)27(35)38-39(3,36)37)18-6-4-5-7-20(18)26(34)31-22-11-9-16(24(28)29)13-23(22)32/h4-13,15,32H,14H2,1-3H3,(H3,28,29)(H,30,33)(H,31,34). The van der Waals surface area contributed by atoms with Gasteiger partial charge in [-0.1, -0.05) is 38.1 Å². The molecule has 0 atom stereocenters. The molecule has 204 valence electrons. The second-order valence-corrected chi connectivity index (χ2v) is 10.7. The molecule has 0 heterocycles. The molecule has 2 amide bonds. The van der Waals surface area contributed by atoms with Crippen LogP contribution in [-0.4, -0.2) is 49.9 Å². The number of anilines is 1. The van der Waals surface area contributed by atoms with Crippen LogP contribution in [0.2, 0.25) is 0 Å². The van der Waals surface area contributed by atoms with E-state index < -0.39 is 27.9 Å². The zero-order valence-electron chi connectivity index (χ0n) is 21.4. The van der Waals surface area contributed by atoms with Crippen molar-refractivity contribution in [2.24, 2.45) is 11.7 Å². The van der Waals surface area contributed by atoms with Gasteiger partial charge in [-0.25, -0.2) is 4.79 Å². The fourth-order valence-electron chi connectivity index (χ4n) is 3.58. The molecular weight excluding hydrogens is 524 g/mol. The largest absolute Gasteiger partial charge is 0.506 e. The maximum atomic E-state index is 13.2. The van der Waals surface area contributed by atoms with Crippen LogP contribution in [-0.2, 0) is 14.3 Å². The third-order valence-electron chi connectivity index (χ3n) is 5.42. The molecule has 0 saturated carbocycles. The van der Waals surface area contributed by atoms with Gasteiger partial charge in [-0.05, 0) is 53.4 Å². The maximum Gasteiger partial charge on any atom is 0.354 e. The predicted octanol–water partition coefficient (Wildman–Crippen LogP) is 3.10. The Morgan fingerprint density at radius 2 is 1.59 bits per heavy atom. The molecule has 0 bridgehead atoms. The summed E-state index contributed by atoms with van der Waals surface area (Å²) in [5.41, 5.74) is 6.06. The van der Waals surface area contributed by atoms with E-state index in [0.717, 1.165) is 6.26 Å². The highest BCUT2D eigenvalue weighted by atomic mass is 32.2. The van der Waals surface area contributed by atoms with Gasteiger partial charge in [0, 0.05) is 23.2 Å². The fraction of sp³-hybridized carbons (Fsp3) is 0.185. The van der Waals surface area contributed by atoms with Crippen molar-refractivity contribution in [3.05, 3.63) is 82.9 Å². The Labute approximate surface area is 225 Å². The molecule has 0 saturated heterocycles. The van der Waals surface area contributed by atoms with Crippen LogP contribution in [0.25, 0.3) is 11.1 Å². The Balaban J connectivity index is 2.07. The number of nitrogens with two attached hydrogens (primary N) is 1. The topological polar surface area (TPSA) is 189 Å². The van der Waals surface area contributed by atoms with E-state index in [-0.39, 0.29) is 56.6 Å². The Bertz CT molecular complexity index is 1570. The van der Waals surface area contributed by atoms with Gasteiger partial charge < -0.3 is 25.7 Å². The minimum Gasteiger partial charge on any atom is -0.506 e. The number of carbonyl (C=O) groups is 3. The van der Waals surface area contributed by atoms with Crippen LogP contribution < -0.4 is 16.4 Å². The van der Waals surface area contributed by atoms with Crippen LogP contribution in [0.4, 0.5) is 5.69 Å². The summed E-state index contributed by atoms with van der Waals surface area (Å²) in [6.45, 7) is 4.21. The van der Waals surface area contributed by atoms with Gasteiger partial charge in [0.1, 0.15) is 11.6 Å². The summed E-state index contributed by atoms with van der Waals surface area (Å²) in [4.78, 5) is 38.8. The number of nitrogen functional groups attached to an aromatic ring is 1. The molecule has 0 aliphatic rings. The van der Waals surface area contributed by atoms with Crippen molar-refractivity contribution in [2.75, 3.05) is 18.1 Å². The minimum atomic E-state index is -4.19. The first-order valence-electron chi connectivity index (χ1n) is 11.7. The van der Waals surface area contributed by atoms with E-state index in [1.807, 2.05) is 13.8 Å². The molecule has 3 aromatic rings. The van der Waals surface area contributed by atoms with E-state index in [9.17, 15) is 27.9 Å². The van der Waals surface area contributed by atoms with Crippen molar-refractivity contribution in [1.29, 1.82) is 5.41 Å². The van der Waals surface area contributed by atoms with Gasteiger partial charge in [0.25, 0.3) is 11.8 Å². The molecule has 0 aromatic heterocycles. The third-order valence-corrected chi connectivity index (χ3v) is 5.87. The number of benzene rings is 3. The van der Waals surface area contributed by atoms with Gasteiger partial charge in [0.2, 0.25) is 0 Å². The molecule has 0 fully saturated rings. The van der Waals surface area contributed by atoms with Gasteiger partial charge in [-0.2, -0.15) is 8.42 Å². The smallest absolute Gasteiger partial charge is 0.354 e. The van der Waals surface area contributed by atoms with Crippen LogP contribution in [0, 0.1) is 11.3 Å². The number of carbonyl (C=O) groups excluding carboxylic acids is 3. The summed E-state index contributed by atoms with van der Waals surface area (Å²) < 4.78 is 28.0. The van der Waals surface area contributed by atoms with Gasteiger partial charge in [0.15, 0.2) is 0 Å². The van der Waals surface area contributed by atoms with E-state index >= 15 is 0 Å². The van der Waals surface area contributed by atoms with Crippen LogP contribution in [0.5, 0.6) is 5.75 Å². The summed E-state index contributed by atoms with van der Waals surface area (Å²) in [6.07, 6.45) is 0.717. The summed E-state index contributed by atoms with van der Waals surface area (Å²) in [7, 11) is -4.19. The third kappa shape index (κ3) is 7.42. The number of hydrogen-bond acceptors (Lipinski definition) is 8. The van der Waals surface area contributed by atoms with Gasteiger partial charge >= 0.3 is 16.1 Å². The first kappa shape index (κ1) is 28.9. The van der Waals surface area contributed by atoms with E-state index in [1.54, 1.807) is 18.2 Å². The number of phenols is 1. The average molecular weight is 553 g/mol. The highest BCUT2D eigenvalue weighted by Gasteiger charge is 2.24. The molecule has 0 spiro atoms. The molecule has 39 heavy (non-hydrogen) atoms. The van der Waals surface area contributed by atoms with Crippen LogP contribution in [0.3, 0.4) is 0 Å². The van der Waals surface area contributed by atoms with Crippen LogP contribution in [0.1, 0.15) is 50.5 Å². The van der Waals surface area contributed by atoms with Gasteiger partial charge in [0.05, 0.1) is 17.5 Å². The van der Waals surface area contributed by atoms with Crippen molar-refractivity contribution in [3.63, 3.8) is 0 Å². The Hall–Kier alpha value is -4.71. The molecule has 3 aromatic carbocycles. The molecule has 0 radical (unpaired) electrons. The monoisotopic (exact) mass is 552 g/mol. The molecule has 3 rings (SSSR count). The predicted molar refractivity (Wildman–Crippen MR) is 146 cm³/mol. The highest BCUT2D eigenvalue weighted by Crippen LogP contribution is 2.31. The second kappa shape index (κ2) is 11.8. The first-order chi connectivity index (χ1) is 18.3. The van der Waals surface area contributed by atoms with Crippen molar-refractivity contribution in [2.45, 2.75) is 13.8 Å². The molecule has 6 N–H and O–H groups in total. The van der Waals surface area contributed by atoms with Gasteiger partial charge in [-0.3, -0.25) is 15.0 Å². The molecule has 0 aliphatic heterocycles. The zero-order valence-corrected chi connectivity index (χ0v) is 22.3. The number of phenolic OH excluding ortho intramolecular Hbond substituents is 1. The minimum absolute atomic E-state index is 0.0497. The number of amides is 2. The van der Waals surface area contributed by atoms with Gasteiger partial charge in [-0.15, -0.1) is 0 Å². The van der Waals surface area contributed by atoms with E-state index in [2.05, 4.69) is 14.8 Å². The Morgan fingerprint density at radius 3 is 2.21 bits per heavy atom. The van der Waals surface area contributed by atoms with E-state index in [4.69, 9.17) is 11.1 Å².